The van der Waals surface area contributed by atoms with Crippen LogP contribution in [-0.2, 0) is 13.1 Å². The van der Waals surface area contributed by atoms with Gasteiger partial charge in [-0.3, -0.25) is 4.79 Å². The van der Waals surface area contributed by atoms with Gasteiger partial charge in [0.1, 0.15) is 5.82 Å². The Balaban J connectivity index is 1.60. The Morgan fingerprint density at radius 3 is 2.34 bits per heavy atom. The maximum absolute atomic E-state index is 12.5. The number of nitrogens with zero attached hydrogens (tertiary/aromatic N) is 2. The number of carbonyl (C=O) groups excluding carboxylic acids is 1. The van der Waals surface area contributed by atoms with Gasteiger partial charge in [0, 0.05) is 31.0 Å². The van der Waals surface area contributed by atoms with Crippen LogP contribution in [0, 0.1) is 6.92 Å². The van der Waals surface area contributed by atoms with E-state index in [1.807, 2.05) is 69.4 Å². The predicted molar refractivity (Wildman–Crippen MR) is 112 cm³/mol. The molecule has 0 saturated heterocycles. The van der Waals surface area contributed by atoms with Crippen LogP contribution in [0.2, 0.25) is 0 Å². The van der Waals surface area contributed by atoms with Gasteiger partial charge in [-0.25, -0.2) is 4.98 Å². The van der Waals surface area contributed by atoms with Crippen LogP contribution < -0.4 is 14.8 Å². The zero-order valence-electron chi connectivity index (χ0n) is 17.1. The van der Waals surface area contributed by atoms with Crippen LogP contribution >= 0.6 is 0 Å². The number of hydrogen-bond acceptors (Lipinski definition) is 4. The van der Waals surface area contributed by atoms with Crippen molar-refractivity contribution in [1.29, 1.82) is 0 Å². The number of ether oxygens (including phenoxy) is 2. The average Bonchev–Trinajstić information content (AvgIpc) is 3.13. The number of aryl methyl sites for hydroxylation is 1. The summed E-state index contributed by atoms with van der Waals surface area (Å²) in [5.74, 6) is 2.27. The molecule has 6 heteroatoms. The molecule has 0 aliphatic heterocycles. The summed E-state index contributed by atoms with van der Waals surface area (Å²) in [6.45, 7) is 8.13. The first kappa shape index (κ1) is 20.5. The molecule has 1 heterocycles. The van der Waals surface area contributed by atoms with Gasteiger partial charge in [-0.05, 0) is 56.2 Å². The van der Waals surface area contributed by atoms with E-state index in [4.69, 9.17) is 9.47 Å². The minimum atomic E-state index is -0.109. The highest BCUT2D eigenvalue weighted by Crippen LogP contribution is 2.28. The number of hydrogen-bond donors (Lipinski definition) is 1. The van der Waals surface area contributed by atoms with Gasteiger partial charge in [0.15, 0.2) is 11.5 Å². The Bertz CT molecular complexity index is 948. The van der Waals surface area contributed by atoms with Gasteiger partial charge in [0.05, 0.1) is 13.2 Å². The molecular weight excluding hydrogens is 366 g/mol. The molecular formula is C23H27N3O3. The lowest BCUT2D eigenvalue weighted by atomic mass is 10.1. The van der Waals surface area contributed by atoms with E-state index < -0.39 is 0 Å². The minimum absolute atomic E-state index is 0.109. The average molecular weight is 393 g/mol. The molecule has 0 aliphatic rings. The van der Waals surface area contributed by atoms with Crippen molar-refractivity contribution >= 4 is 5.91 Å². The number of nitrogens with one attached hydrogen (secondary N) is 1. The maximum Gasteiger partial charge on any atom is 0.251 e. The highest BCUT2D eigenvalue weighted by atomic mass is 16.5. The number of rotatable bonds is 9. The molecule has 1 N–H and O–H groups in total. The van der Waals surface area contributed by atoms with Crippen molar-refractivity contribution in [1.82, 2.24) is 14.9 Å². The second kappa shape index (κ2) is 9.78. The van der Waals surface area contributed by atoms with Gasteiger partial charge in [0.25, 0.3) is 5.91 Å². The topological polar surface area (TPSA) is 65.4 Å². The standard InChI is InChI=1S/C23H27N3O3/c1-4-28-21-11-8-19(14-22(21)29-5-2)15-25-23(27)20-9-6-18(7-10-20)16-26-13-12-24-17(26)3/h6-14H,4-5,15-16H2,1-3H3,(H,25,27). The number of imidazole rings is 1. The third-order valence-electron chi connectivity index (χ3n) is 4.55. The van der Waals surface area contributed by atoms with Crippen molar-refractivity contribution in [2.45, 2.75) is 33.9 Å². The Morgan fingerprint density at radius 2 is 1.69 bits per heavy atom. The molecule has 0 aliphatic carbocycles. The van der Waals surface area contributed by atoms with Gasteiger partial charge < -0.3 is 19.4 Å². The van der Waals surface area contributed by atoms with E-state index in [1.165, 1.54) is 0 Å². The van der Waals surface area contributed by atoms with Crippen molar-refractivity contribution in [3.05, 3.63) is 77.4 Å². The smallest absolute Gasteiger partial charge is 0.251 e. The molecule has 1 amide bonds. The van der Waals surface area contributed by atoms with Crippen molar-refractivity contribution in [3.8, 4) is 11.5 Å². The number of aromatic nitrogens is 2. The molecule has 29 heavy (non-hydrogen) atoms. The molecule has 3 aromatic rings. The third-order valence-corrected chi connectivity index (χ3v) is 4.55. The fourth-order valence-electron chi connectivity index (χ4n) is 3.02. The van der Waals surface area contributed by atoms with Crippen molar-refractivity contribution in [2.75, 3.05) is 13.2 Å². The quantitative estimate of drug-likeness (QED) is 0.597. The summed E-state index contributed by atoms with van der Waals surface area (Å²) >= 11 is 0. The maximum atomic E-state index is 12.5. The Hall–Kier alpha value is -3.28. The molecule has 0 atom stereocenters. The molecule has 0 fully saturated rings. The Kier molecular flexibility index (Phi) is 6.89. The van der Waals surface area contributed by atoms with E-state index in [9.17, 15) is 4.79 Å². The lowest BCUT2D eigenvalue weighted by Crippen LogP contribution is -2.22. The monoisotopic (exact) mass is 393 g/mol. The molecule has 0 spiro atoms. The molecule has 2 aromatic carbocycles. The van der Waals surface area contributed by atoms with Crippen LogP contribution in [0.25, 0.3) is 0 Å². The van der Waals surface area contributed by atoms with Gasteiger partial charge in [-0.15, -0.1) is 0 Å². The van der Waals surface area contributed by atoms with E-state index in [0.717, 1.165) is 23.5 Å². The summed E-state index contributed by atoms with van der Waals surface area (Å²) in [7, 11) is 0. The van der Waals surface area contributed by atoms with E-state index in [1.54, 1.807) is 6.20 Å². The van der Waals surface area contributed by atoms with E-state index in [-0.39, 0.29) is 5.91 Å². The Morgan fingerprint density at radius 1 is 1.00 bits per heavy atom. The molecule has 0 radical (unpaired) electrons. The predicted octanol–water partition coefficient (Wildman–Crippen LogP) is 3.97. The van der Waals surface area contributed by atoms with Crippen LogP contribution in [0.15, 0.2) is 54.9 Å². The molecule has 0 saturated carbocycles. The summed E-state index contributed by atoms with van der Waals surface area (Å²) in [6.07, 6.45) is 3.73. The fraction of sp³-hybridized carbons (Fsp3) is 0.304. The second-order valence-corrected chi connectivity index (χ2v) is 6.63. The molecule has 0 unspecified atom stereocenters. The zero-order valence-corrected chi connectivity index (χ0v) is 17.1. The minimum Gasteiger partial charge on any atom is -0.490 e. The van der Waals surface area contributed by atoms with Gasteiger partial charge in [0.2, 0.25) is 0 Å². The molecule has 1 aromatic heterocycles. The van der Waals surface area contributed by atoms with Crippen LogP contribution in [0.3, 0.4) is 0 Å². The third kappa shape index (κ3) is 5.38. The van der Waals surface area contributed by atoms with E-state index in [2.05, 4.69) is 14.9 Å². The highest BCUT2D eigenvalue weighted by Gasteiger charge is 2.09. The Labute approximate surface area is 171 Å². The van der Waals surface area contributed by atoms with E-state index >= 15 is 0 Å². The molecule has 3 rings (SSSR count). The van der Waals surface area contributed by atoms with Crippen LogP contribution in [0.4, 0.5) is 0 Å². The first-order valence-electron chi connectivity index (χ1n) is 9.84. The lowest BCUT2D eigenvalue weighted by molar-refractivity contribution is 0.0951. The van der Waals surface area contributed by atoms with Crippen LogP contribution in [0.5, 0.6) is 11.5 Å². The summed E-state index contributed by atoms with van der Waals surface area (Å²) in [6, 6.07) is 13.4. The first-order chi connectivity index (χ1) is 14.1. The largest absolute Gasteiger partial charge is 0.490 e. The van der Waals surface area contributed by atoms with Gasteiger partial charge >= 0.3 is 0 Å². The lowest BCUT2D eigenvalue weighted by Gasteiger charge is -2.13. The fourth-order valence-corrected chi connectivity index (χ4v) is 3.02. The second-order valence-electron chi connectivity index (χ2n) is 6.63. The van der Waals surface area contributed by atoms with Crippen molar-refractivity contribution in [3.63, 3.8) is 0 Å². The number of amides is 1. The first-order valence-corrected chi connectivity index (χ1v) is 9.84. The normalized spacial score (nSPS) is 10.6. The van der Waals surface area contributed by atoms with Crippen molar-refractivity contribution in [2.24, 2.45) is 0 Å². The van der Waals surface area contributed by atoms with E-state index in [0.29, 0.717) is 36.8 Å². The summed E-state index contributed by atoms with van der Waals surface area (Å²) < 4.78 is 13.3. The zero-order chi connectivity index (χ0) is 20.6. The van der Waals surface area contributed by atoms with Gasteiger partial charge in [-0.2, -0.15) is 0 Å². The van der Waals surface area contributed by atoms with Gasteiger partial charge in [-0.1, -0.05) is 18.2 Å². The van der Waals surface area contributed by atoms with Crippen molar-refractivity contribution < 1.29 is 14.3 Å². The molecule has 152 valence electrons. The summed E-state index contributed by atoms with van der Waals surface area (Å²) in [5.41, 5.74) is 2.71. The number of carbonyl (C=O) groups is 1. The highest BCUT2D eigenvalue weighted by molar-refractivity contribution is 5.94. The van der Waals surface area contributed by atoms with Crippen LogP contribution in [0.1, 0.15) is 41.2 Å². The summed E-state index contributed by atoms with van der Waals surface area (Å²) in [5, 5.41) is 2.96. The van der Waals surface area contributed by atoms with Crippen LogP contribution in [-0.4, -0.2) is 28.7 Å². The molecule has 0 bridgehead atoms. The molecule has 6 nitrogen and oxygen atoms in total. The SMILES string of the molecule is CCOc1ccc(CNC(=O)c2ccc(Cn3ccnc3C)cc2)cc1OCC. The summed E-state index contributed by atoms with van der Waals surface area (Å²) in [4.78, 5) is 16.7. The number of benzene rings is 2.